The second kappa shape index (κ2) is 7.25. The minimum Gasteiger partial charge on any atom is -0.348 e. The number of aryl methyl sites for hydroxylation is 1. The Labute approximate surface area is 128 Å². The summed E-state index contributed by atoms with van der Waals surface area (Å²) in [7, 11) is 0. The van der Waals surface area contributed by atoms with Crippen molar-refractivity contribution in [3.05, 3.63) is 71.3 Å². The van der Waals surface area contributed by atoms with Gasteiger partial charge in [0.15, 0.2) is 0 Å². The first-order valence-corrected chi connectivity index (χ1v) is 7.77. The Balaban J connectivity index is 2.00. The third-order valence-corrected chi connectivity index (χ3v) is 3.79. The standard InChI is InChI=1S/C17H18BrNO/c1-13-6-5-7-14(10-13)11-17(20)19-16(12-18)15-8-3-2-4-9-15/h2-10,16H,11-12H2,1H3,(H,19,20). The van der Waals surface area contributed by atoms with Crippen LogP contribution in [0.1, 0.15) is 22.7 Å². The number of rotatable bonds is 5. The minimum atomic E-state index is 0.00788. The van der Waals surface area contributed by atoms with Crippen molar-refractivity contribution in [2.24, 2.45) is 0 Å². The van der Waals surface area contributed by atoms with E-state index in [1.54, 1.807) is 0 Å². The molecule has 0 radical (unpaired) electrons. The average Bonchev–Trinajstić information content (AvgIpc) is 2.45. The molecule has 0 aliphatic heterocycles. The zero-order chi connectivity index (χ0) is 14.4. The van der Waals surface area contributed by atoms with E-state index >= 15 is 0 Å². The molecule has 0 saturated heterocycles. The Hall–Kier alpha value is -1.61. The zero-order valence-electron chi connectivity index (χ0n) is 11.5. The Bertz CT molecular complexity index is 568. The molecule has 3 heteroatoms. The van der Waals surface area contributed by atoms with Crippen molar-refractivity contribution in [1.29, 1.82) is 0 Å². The number of halogens is 1. The highest BCUT2D eigenvalue weighted by Crippen LogP contribution is 2.15. The molecule has 1 unspecified atom stereocenters. The molecule has 2 aromatic rings. The number of carbonyl (C=O) groups is 1. The van der Waals surface area contributed by atoms with Crippen molar-refractivity contribution in [2.75, 3.05) is 5.33 Å². The normalized spacial score (nSPS) is 11.9. The molecule has 104 valence electrons. The van der Waals surface area contributed by atoms with Crippen LogP contribution in [0.3, 0.4) is 0 Å². The summed E-state index contributed by atoms with van der Waals surface area (Å²) in [5, 5.41) is 3.77. The third-order valence-electron chi connectivity index (χ3n) is 3.14. The van der Waals surface area contributed by atoms with Gasteiger partial charge >= 0.3 is 0 Å². The lowest BCUT2D eigenvalue weighted by molar-refractivity contribution is -0.121. The third kappa shape index (κ3) is 4.20. The molecule has 1 N–H and O–H groups in total. The highest BCUT2D eigenvalue weighted by Gasteiger charge is 2.13. The second-order valence-electron chi connectivity index (χ2n) is 4.85. The van der Waals surface area contributed by atoms with E-state index in [0.29, 0.717) is 11.8 Å². The van der Waals surface area contributed by atoms with E-state index in [9.17, 15) is 4.79 Å². The van der Waals surface area contributed by atoms with Gasteiger partial charge < -0.3 is 5.32 Å². The van der Waals surface area contributed by atoms with Crippen LogP contribution in [0.15, 0.2) is 54.6 Å². The first kappa shape index (κ1) is 14.8. The van der Waals surface area contributed by atoms with Gasteiger partial charge in [0, 0.05) is 5.33 Å². The van der Waals surface area contributed by atoms with E-state index in [0.717, 1.165) is 11.1 Å². The van der Waals surface area contributed by atoms with E-state index in [2.05, 4.69) is 21.2 Å². The fraction of sp³-hybridized carbons (Fsp3) is 0.235. The second-order valence-corrected chi connectivity index (χ2v) is 5.50. The summed E-state index contributed by atoms with van der Waals surface area (Å²) in [6.45, 7) is 2.03. The van der Waals surface area contributed by atoms with Crippen molar-refractivity contribution in [3.63, 3.8) is 0 Å². The van der Waals surface area contributed by atoms with Crippen LogP contribution in [0.2, 0.25) is 0 Å². The van der Waals surface area contributed by atoms with Crippen LogP contribution >= 0.6 is 15.9 Å². The van der Waals surface area contributed by atoms with Gasteiger partial charge in [-0.1, -0.05) is 76.1 Å². The maximum atomic E-state index is 12.1. The van der Waals surface area contributed by atoms with Crippen molar-refractivity contribution in [1.82, 2.24) is 5.32 Å². The van der Waals surface area contributed by atoms with E-state index in [1.807, 2.05) is 61.5 Å². The Morgan fingerprint density at radius 2 is 1.90 bits per heavy atom. The summed E-state index contributed by atoms with van der Waals surface area (Å²) >= 11 is 3.46. The van der Waals surface area contributed by atoms with E-state index in [4.69, 9.17) is 0 Å². The van der Waals surface area contributed by atoms with Crippen LogP contribution in [0.5, 0.6) is 0 Å². The number of benzene rings is 2. The predicted octanol–water partition coefficient (Wildman–Crippen LogP) is 3.79. The van der Waals surface area contributed by atoms with Crippen LogP contribution in [0, 0.1) is 6.92 Å². The van der Waals surface area contributed by atoms with Gasteiger partial charge in [-0.15, -0.1) is 0 Å². The minimum absolute atomic E-state index is 0.00788. The van der Waals surface area contributed by atoms with Gasteiger partial charge in [0.05, 0.1) is 12.5 Å². The number of hydrogen-bond acceptors (Lipinski definition) is 1. The molecule has 1 atom stereocenters. The lowest BCUT2D eigenvalue weighted by atomic mass is 10.1. The zero-order valence-corrected chi connectivity index (χ0v) is 13.1. The molecule has 1 amide bonds. The molecule has 0 heterocycles. The van der Waals surface area contributed by atoms with Gasteiger partial charge in [-0.3, -0.25) is 4.79 Å². The van der Waals surface area contributed by atoms with Crippen LogP contribution < -0.4 is 5.32 Å². The van der Waals surface area contributed by atoms with Crippen molar-refractivity contribution >= 4 is 21.8 Å². The molecule has 0 aliphatic rings. The molecule has 0 aromatic heterocycles. The molecule has 20 heavy (non-hydrogen) atoms. The van der Waals surface area contributed by atoms with Gasteiger partial charge in [0.1, 0.15) is 0 Å². The van der Waals surface area contributed by atoms with Gasteiger partial charge in [-0.25, -0.2) is 0 Å². The lowest BCUT2D eigenvalue weighted by Crippen LogP contribution is -2.30. The molecule has 0 aliphatic carbocycles. The van der Waals surface area contributed by atoms with Crippen molar-refractivity contribution in [2.45, 2.75) is 19.4 Å². The van der Waals surface area contributed by atoms with E-state index < -0.39 is 0 Å². The number of alkyl halides is 1. The number of carbonyl (C=O) groups excluding carboxylic acids is 1. The van der Waals surface area contributed by atoms with Crippen molar-refractivity contribution < 1.29 is 4.79 Å². The topological polar surface area (TPSA) is 29.1 Å². The summed E-state index contributed by atoms with van der Waals surface area (Å²) in [6.07, 6.45) is 0.415. The number of amides is 1. The number of nitrogens with one attached hydrogen (secondary N) is 1. The van der Waals surface area contributed by atoms with Gasteiger partial charge in [0.2, 0.25) is 5.91 Å². The molecule has 2 nitrogen and oxygen atoms in total. The average molecular weight is 332 g/mol. The quantitative estimate of drug-likeness (QED) is 0.830. The fourth-order valence-corrected chi connectivity index (χ4v) is 2.68. The predicted molar refractivity (Wildman–Crippen MR) is 86.0 cm³/mol. The molecular formula is C17H18BrNO. The molecular weight excluding hydrogens is 314 g/mol. The summed E-state index contributed by atoms with van der Waals surface area (Å²) in [5.41, 5.74) is 3.33. The summed E-state index contributed by atoms with van der Waals surface area (Å²) in [4.78, 5) is 12.1. The van der Waals surface area contributed by atoms with Gasteiger partial charge in [-0.05, 0) is 18.1 Å². The van der Waals surface area contributed by atoms with Gasteiger partial charge in [-0.2, -0.15) is 0 Å². The van der Waals surface area contributed by atoms with E-state index in [1.165, 1.54) is 5.56 Å². The summed E-state index contributed by atoms with van der Waals surface area (Å²) < 4.78 is 0. The maximum Gasteiger partial charge on any atom is 0.224 e. The van der Waals surface area contributed by atoms with Crippen molar-refractivity contribution in [3.8, 4) is 0 Å². The molecule has 0 fully saturated rings. The first-order chi connectivity index (χ1) is 9.69. The summed E-state index contributed by atoms with van der Waals surface area (Å²) in [5.74, 6) is 0.0453. The SMILES string of the molecule is Cc1cccc(CC(=O)NC(CBr)c2ccccc2)c1. The number of hydrogen-bond donors (Lipinski definition) is 1. The van der Waals surface area contributed by atoms with Gasteiger partial charge in [0.25, 0.3) is 0 Å². The smallest absolute Gasteiger partial charge is 0.224 e. The monoisotopic (exact) mass is 331 g/mol. The summed E-state index contributed by atoms with van der Waals surface area (Å²) in [6, 6.07) is 18.1. The fourth-order valence-electron chi connectivity index (χ4n) is 2.15. The van der Waals surface area contributed by atoms with Crippen LogP contribution in [-0.4, -0.2) is 11.2 Å². The maximum absolute atomic E-state index is 12.1. The molecule has 0 bridgehead atoms. The Morgan fingerprint density at radius 3 is 2.55 bits per heavy atom. The Kier molecular flexibility index (Phi) is 5.36. The largest absolute Gasteiger partial charge is 0.348 e. The highest BCUT2D eigenvalue weighted by molar-refractivity contribution is 9.09. The van der Waals surface area contributed by atoms with Crippen LogP contribution in [-0.2, 0) is 11.2 Å². The highest BCUT2D eigenvalue weighted by atomic mass is 79.9. The molecule has 2 aromatic carbocycles. The molecule has 0 spiro atoms. The van der Waals surface area contributed by atoms with Crippen LogP contribution in [0.25, 0.3) is 0 Å². The molecule has 0 saturated carbocycles. The lowest BCUT2D eigenvalue weighted by Gasteiger charge is -2.16. The molecule has 2 rings (SSSR count). The first-order valence-electron chi connectivity index (χ1n) is 6.65. The van der Waals surface area contributed by atoms with E-state index in [-0.39, 0.29) is 11.9 Å². The van der Waals surface area contributed by atoms with Crippen LogP contribution in [0.4, 0.5) is 0 Å². The Morgan fingerprint density at radius 1 is 1.15 bits per heavy atom.